The standard InChI is InChI=1S/C9H10Br2O/c1-7(3-2-5-10)9-8(11)4-6-12-9/h3-4,6H,2,5H2,1H3. The molecular formula is C9H10Br2O. The zero-order chi connectivity index (χ0) is 8.97. The first-order valence-corrected chi connectivity index (χ1v) is 5.63. The second-order valence-corrected chi connectivity index (χ2v) is 4.11. The van der Waals surface area contributed by atoms with E-state index in [0.29, 0.717) is 0 Å². The molecule has 1 aromatic rings. The number of rotatable bonds is 3. The van der Waals surface area contributed by atoms with E-state index in [1.165, 1.54) is 5.57 Å². The van der Waals surface area contributed by atoms with Gasteiger partial charge in [-0.15, -0.1) is 0 Å². The Labute approximate surface area is 89.1 Å². The zero-order valence-electron chi connectivity index (χ0n) is 6.81. The van der Waals surface area contributed by atoms with Gasteiger partial charge >= 0.3 is 0 Å². The molecule has 0 radical (unpaired) electrons. The van der Waals surface area contributed by atoms with Crippen molar-refractivity contribution < 1.29 is 4.42 Å². The Kier molecular flexibility index (Phi) is 4.09. The molecule has 0 fully saturated rings. The Morgan fingerprint density at radius 3 is 2.92 bits per heavy atom. The van der Waals surface area contributed by atoms with Crippen LogP contribution in [0.4, 0.5) is 0 Å². The molecular weight excluding hydrogens is 284 g/mol. The van der Waals surface area contributed by atoms with Crippen LogP contribution >= 0.6 is 31.9 Å². The average molecular weight is 294 g/mol. The van der Waals surface area contributed by atoms with E-state index >= 15 is 0 Å². The Balaban J connectivity index is 2.77. The molecule has 0 aromatic carbocycles. The molecule has 3 heteroatoms. The van der Waals surface area contributed by atoms with Gasteiger partial charge in [0.2, 0.25) is 0 Å². The predicted molar refractivity (Wildman–Crippen MR) is 58.5 cm³/mol. The molecule has 0 spiro atoms. The summed E-state index contributed by atoms with van der Waals surface area (Å²) in [6.45, 7) is 2.05. The molecule has 0 saturated heterocycles. The van der Waals surface area contributed by atoms with Crippen LogP contribution in [0.25, 0.3) is 5.57 Å². The molecule has 1 nitrogen and oxygen atoms in total. The second kappa shape index (κ2) is 4.87. The third-order valence-corrected chi connectivity index (χ3v) is 2.62. The summed E-state index contributed by atoms with van der Waals surface area (Å²) in [6.07, 6.45) is 4.86. The summed E-state index contributed by atoms with van der Waals surface area (Å²) in [4.78, 5) is 0. The molecule has 66 valence electrons. The Bertz CT molecular complexity index is 276. The number of allylic oxidation sites excluding steroid dienone is 2. The highest BCUT2D eigenvalue weighted by Gasteiger charge is 2.03. The fourth-order valence-corrected chi connectivity index (χ4v) is 1.68. The van der Waals surface area contributed by atoms with Crippen molar-refractivity contribution in [1.82, 2.24) is 0 Å². The van der Waals surface area contributed by atoms with E-state index < -0.39 is 0 Å². The van der Waals surface area contributed by atoms with Crippen LogP contribution in [-0.2, 0) is 0 Å². The number of alkyl halides is 1. The van der Waals surface area contributed by atoms with E-state index in [2.05, 4.69) is 37.9 Å². The molecule has 1 aromatic heterocycles. The van der Waals surface area contributed by atoms with E-state index in [-0.39, 0.29) is 0 Å². The largest absolute Gasteiger partial charge is 0.464 e. The number of hydrogen-bond acceptors (Lipinski definition) is 1. The van der Waals surface area contributed by atoms with Gasteiger partial charge in [0.25, 0.3) is 0 Å². The minimum absolute atomic E-state index is 0.927. The maximum absolute atomic E-state index is 5.29. The molecule has 0 unspecified atom stereocenters. The van der Waals surface area contributed by atoms with Crippen LogP contribution in [-0.4, -0.2) is 5.33 Å². The Morgan fingerprint density at radius 2 is 2.42 bits per heavy atom. The first-order chi connectivity index (χ1) is 5.75. The smallest absolute Gasteiger partial charge is 0.143 e. The van der Waals surface area contributed by atoms with Crippen molar-refractivity contribution in [2.24, 2.45) is 0 Å². The monoisotopic (exact) mass is 292 g/mol. The highest BCUT2D eigenvalue weighted by Crippen LogP contribution is 2.25. The van der Waals surface area contributed by atoms with Gasteiger partial charge in [-0.1, -0.05) is 22.0 Å². The van der Waals surface area contributed by atoms with Crippen molar-refractivity contribution in [2.45, 2.75) is 13.3 Å². The van der Waals surface area contributed by atoms with Crippen molar-refractivity contribution >= 4 is 37.4 Å². The van der Waals surface area contributed by atoms with Crippen LogP contribution in [0, 0.1) is 0 Å². The molecule has 0 atom stereocenters. The van der Waals surface area contributed by atoms with Crippen LogP contribution in [0.2, 0.25) is 0 Å². The third kappa shape index (κ3) is 2.49. The van der Waals surface area contributed by atoms with Crippen molar-refractivity contribution in [3.8, 4) is 0 Å². The normalized spacial score (nSPS) is 12.1. The summed E-state index contributed by atoms with van der Waals surface area (Å²) in [5.41, 5.74) is 1.17. The fraction of sp³-hybridized carbons (Fsp3) is 0.333. The molecule has 0 N–H and O–H groups in total. The second-order valence-electron chi connectivity index (χ2n) is 2.46. The van der Waals surface area contributed by atoms with Gasteiger partial charge < -0.3 is 4.42 Å². The maximum Gasteiger partial charge on any atom is 0.143 e. The van der Waals surface area contributed by atoms with E-state index in [0.717, 1.165) is 22.0 Å². The van der Waals surface area contributed by atoms with E-state index in [1.54, 1.807) is 6.26 Å². The Hall–Kier alpha value is -0.0200. The van der Waals surface area contributed by atoms with E-state index in [1.807, 2.05) is 13.0 Å². The molecule has 0 amide bonds. The molecule has 0 aliphatic rings. The van der Waals surface area contributed by atoms with Gasteiger partial charge in [0.15, 0.2) is 0 Å². The summed E-state index contributed by atoms with van der Waals surface area (Å²) in [7, 11) is 0. The summed E-state index contributed by atoms with van der Waals surface area (Å²) < 4.78 is 6.31. The lowest BCUT2D eigenvalue weighted by Gasteiger charge is -1.96. The molecule has 0 bridgehead atoms. The molecule has 1 heterocycles. The quantitative estimate of drug-likeness (QED) is 0.760. The third-order valence-electron chi connectivity index (χ3n) is 1.53. The van der Waals surface area contributed by atoms with E-state index in [4.69, 9.17) is 4.42 Å². The predicted octanol–water partition coefficient (Wildman–Crippen LogP) is 4.23. The van der Waals surface area contributed by atoms with Crippen LogP contribution in [0.15, 0.2) is 27.3 Å². The number of furan rings is 1. The summed E-state index contributed by atoms with van der Waals surface area (Å²) in [5.74, 6) is 0.927. The topological polar surface area (TPSA) is 13.1 Å². The molecule has 0 aliphatic carbocycles. The zero-order valence-corrected chi connectivity index (χ0v) is 9.98. The summed E-state index contributed by atoms with van der Waals surface area (Å²) in [5, 5.41) is 0.989. The van der Waals surface area contributed by atoms with Crippen molar-refractivity contribution in [3.63, 3.8) is 0 Å². The lowest BCUT2D eigenvalue weighted by Crippen LogP contribution is -1.77. The van der Waals surface area contributed by atoms with Gasteiger partial charge in [-0.2, -0.15) is 0 Å². The first-order valence-electron chi connectivity index (χ1n) is 3.72. The minimum atomic E-state index is 0.927. The average Bonchev–Trinajstić information content (AvgIpc) is 2.47. The van der Waals surface area contributed by atoms with Crippen LogP contribution in [0.3, 0.4) is 0 Å². The lowest BCUT2D eigenvalue weighted by atomic mass is 10.2. The van der Waals surface area contributed by atoms with Gasteiger partial charge in [0, 0.05) is 5.33 Å². The van der Waals surface area contributed by atoms with Gasteiger partial charge in [-0.3, -0.25) is 0 Å². The summed E-state index contributed by atoms with van der Waals surface area (Å²) in [6, 6.07) is 1.90. The van der Waals surface area contributed by atoms with Crippen molar-refractivity contribution in [1.29, 1.82) is 0 Å². The Morgan fingerprint density at radius 1 is 1.67 bits per heavy atom. The molecule has 1 rings (SSSR count). The van der Waals surface area contributed by atoms with Crippen LogP contribution in [0.1, 0.15) is 19.1 Å². The van der Waals surface area contributed by atoms with E-state index in [9.17, 15) is 0 Å². The highest BCUT2D eigenvalue weighted by molar-refractivity contribution is 9.10. The number of halogens is 2. The number of hydrogen-bond donors (Lipinski definition) is 0. The van der Waals surface area contributed by atoms with Crippen LogP contribution in [0.5, 0.6) is 0 Å². The highest BCUT2D eigenvalue weighted by atomic mass is 79.9. The molecule has 12 heavy (non-hydrogen) atoms. The van der Waals surface area contributed by atoms with Gasteiger partial charge in [-0.25, -0.2) is 0 Å². The molecule has 0 saturated carbocycles. The SMILES string of the molecule is CC(=CCCBr)c1occc1Br. The fourth-order valence-electron chi connectivity index (χ4n) is 0.939. The van der Waals surface area contributed by atoms with Gasteiger partial charge in [-0.05, 0) is 40.9 Å². The van der Waals surface area contributed by atoms with Crippen molar-refractivity contribution in [2.75, 3.05) is 5.33 Å². The minimum Gasteiger partial charge on any atom is -0.464 e. The maximum atomic E-state index is 5.29. The van der Waals surface area contributed by atoms with Gasteiger partial charge in [0.05, 0.1) is 10.7 Å². The summed E-state index contributed by atoms with van der Waals surface area (Å²) >= 11 is 6.79. The molecule has 0 aliphatic heterocycles. The lowest BCUT2D eigenvalue weighted by molar-refractivity contribution is 0.551. The van der Waals surface area contributed by atoms with Crippen LogP contribution < -0.4 is 0 Å². The van der Waals surface area contributed by atoms with Gasteiger partial charge in [0.1, 0.15) is 5.76 Å². The van der Waals surface area contributed by atoms with Crippen molar-refractivity contribution in [3.05, 3.63) is 28.6 Å². The first kappa shape index (κ1) is 10.1.